The maximum absolute atomic E-state index is 12.8. The number of benzene rings is 2. The van der Waals surface area contributed by atoms with Crippen molar-refractivity contribution in [3.63, 3.8) is 0 Å². The monoisotopic (exact) mass is 351 g/mol. The van der Waals surface area contributed by atoms with Crippen LogP contribution in [0.5, 0.6) is 0 Å². The van der Waals surface area contributed by atoms with E-state index in [1.165, 1.54) is 0 Å². The first-order chi connectivity index (χ1) is 12.2. The average molecular weight is 352 g/mol. The Morgan fingerprint density at radius 2 is 1.76 bits per heavy atom. The van der Waals surface area contributed by atoms with Gasteiger partial charge in [0.15, 0.2) is 0 Å². The second-order valence-electron chi connectivity index (χ2n) is 5.45. The fourth-order valence-corrected chi connectivity index (χ4v) is 2.64. The van der Waals surface area contributed by atoms with Crippen LogP contribution in [0.1, 0.15) is 17.4 Å². The van der Waals surface area contributed by atoms with Gasteiger partial charge in [-0.25, -0.2) is 0 Å². The molecular formula is C20H18ClN3O. The second kappa shape index (κ2) is 7.81. The molecule has 0 aliphatic heterocycles. The highest BCUT2D eigenvalue weighted by atomic mass is 35.5. The van der Waals surface area contributed by atoms with E-state index in [9.17, 15) is 4.79 Å². The van der Waals surface area contributed by atoms with Gasteiger partial charge in [-0.1, -0.05) is 29.8 Å². The van der Waals surface area contributed by atoms with Crippen molar-refractivity contribution >= 4 is 34.6 Å². The lowest BCUT2D eigenvalue weighted by molar-refractivity contribution is 0.0983. The number of aromatic nitrogens is 1. The predicted molar refractivity (Wildman–Crippen MR) is 103 cm³/mol. The molecule has 0 saturated carbocycles. The highest BCUT2D eigenvalue weighted by molar-refractivity contribution is 6.30. The summed E-state index contributed by atoms with van der Waals surface area (Å²) in [7, 11) is 0. The van der Waals surface area contributed by atoms with Gasteiger partial charge in [0, 0.05) is 34.8 Å². The molecule has 0 aliphatic rings. The van der Waals surface area contributed by atoms with E-state index >= 15 is 0 Å². The summed E-state index contributed by atoms with van der Waals surface area (Å²) in [5.74, 6) is -0.131. The molecule has 0 radical (unpaired) electrons. The van der Waals surface area contributed by atoms with Crippen LogP contribution < -0.4 is 10.2 Å². The van der Waals surface area contributed by atoms with E-state index < -0.39 is 0 Å². The molecule has 1 amide bonds. The van der Waals surface area contributed by atoms with Crippen molar-refractivity contribution in [3.05, 3.63) is 83.6 Å². The average Bonchev–Trinajstić information content (AvgIpc) is 2.65. The molecule has 0 unspecified atom stereocenters. The van der Waals surface area contributed by atoms with E-state index in [0.717, 1.165) is 17.1 Å². The summed E-state index contributed by atoms with van der Waals surface area (Å²) in [5.41, 5.74) is 2.94. The molecule has 0 fully saturated rings. The van der Waals surface area contributed by atoms with E-state index in [1.54, 1.807) is 17.2 Å². The van der Waals surface area contributed by atoms with Crippen molar-refractivity contribution in [2.75, 3.05) is 16.8 Å². The van der Waals surface area contributed by atoms with Gasteiger partial charge in [0.2, 0.25) is 0 Å². The van der Waals surface area contributed by atoms with Crippen LogP contribution in [0.2, 0.25) is 5.02 Å². The van der Waals surface area contributed by atoms with Crippen LogP contribution in [0, 0.1) is 0 Å². The van der Waals surface area contributed by atoms with Gasteiger partial charge < -0.3 is 10.2 Å². The quantitative estimate of drug-likeness (QED) is 0.691. The van der Waals surface area contributed by atoms with Crippen molar-refractivity contribution in [1.29, 1.82) is 0 Å². The molecule has 126 valence electrons. The number of anilines is 3. The molecular weight excluding hydrogens is 334 g/mol. The molecule has 4 nitrogen and oxygen atoms in total. The van der Waals surface area contributed by atoms with Gasteiger partial charge in [-0.05, 0) is 55.5 Å². The highest BCUT2D eigenvalue weighted by Gasteiger charge is 2.17. The van der Waals surface area contributed by atoms with E-state index in [1.807, 2.05) is 67.6 Å². The Bertz CT molecular complexity index is 850. The summed E-state index contributed by atoms with van der Waals surface area (Å²) in [5, 5.41) is 3.93. The summed E-state index contributed by atoms with van der Waals surface area (Å²) in [6.45, 7) is 2.51. The molecule has 0 atom stereocenters. The van der Waals surface area contributed by atoms with Crippen LogP contribution in [0.3, 0.4) is 0 Å². The Kier molecular flexibility index (Phi) is 5.31. The van der Waals surface area contributed by atoms with Gasteiger partial charge in [0.1, 0.15) is 5.69 Å². The first-order valence-corrected chi connectivity index (χ1v) is 8.40. The number of para-hydroxylation sites is 1. The molecule has 0 spiro atoms. The van der Waals surface area contributed by atoms with Crippen LogP contribution >= 0.6 is 11.6 Å². The summed E-state index contributed by atoms with van der Waals surface area (Å²) in [6.07, 6.45) is 1.63. The van der Waals surface area contributed by atoms with Crippen LogP contribution in [-0.4, -0.2) is 17.4 Å². The van der Waals surface area contributed by atoms with Crippen molar-refractivity contribution in [1.82, 2.24) is 4.98 Å². The molecule has 1 N–H and O–H groups in total. The van der Waals surface area contributed by atoms with Gasteiger partial charge >= 0.3 is 0 Å². The minimum atomic E-state index is -0.131. The number of rotatable bonds is 5. The maximum Gasteiger partial charge on any atom is 0.276 e. The van der Waals surface area contributed by atoms with Crippen molar-refractivity contribution in [2.45, 2.75) is 6.92 Å². The standard InChI is InChI=1S/C20H18ClN3O/c1-2-24(18-6-4-3-5-7-18)20(25)19-14-17(12-13-22-19)23-16-10-8-15(21)9-11-16/h3-14H,2H2,1H3,(H,22,23). The van der Waals surface area contributed by atoms with Crippen molar-refractivity contribution in [3.8, 4) is 0 Å². The zero-order chi connectivity index (χ0) is 17.6. The number of nitrogens with one attached hydrogen (secondary N) is 1. The van der Waals surface area contributed by atoms with Crippen LogP contribution in [0.4, 0.5) is 17.1 Å². The van der Waals surface area contributed by atoms with E-state index in [-0.39, 0.29) is 5.91 Å². The topological polar surface area (TPSA) is 45.2 Å². The first kappa shape index (κ1) is 17.0. The molecule has 1 heterocycles. The fraction of sp³-hybridized carbons (Fsp3) is 0.100. The van der Waals surface area contributed by atoms with Crippen molar-refractivity contribution < 1.29 is 4.79 Å². The number of amides is 1. The molecule has 25 heavy (non-hydrogen) atoms. The first-order valence-electron chi connectivity index (χ1n) is 8.03. The number of pyridine rings is 1. The second-order valence-corrected chi connectivity index (χ2v) is 5.88. The van der Waals surface area contributed by atoms with Crippen LogP contribution in [0.15, 0.2) is 72.9 Å². The number of carbonyl (C=O) groups excluding carboxylic acids is 1. The van der Waals surface area contributed by atoms with E-state index in [2.05, 4.69) is 10.3 Å². The number of hydrogen-bond acceptors (Lipinski definition) is 3. The number of carbonyl (C=O) groups is 1. The third-order valence-corrected chi connectivity index (χ3v) is 3.99. The lowest BCUT2D eigenvalue weighted by Crippen LogP contribution is -2.31. The molecule has 0 aliphatic carbocycles. The Morgan fingerprint density at radius 3 is 2.44 bits per heavy atom. The number of nitrogens with zero attached hydrogens (tertiary/aromatic N) is 2. The van der Waals surface area contributed by atoms with Crippen LogP contribution in [-0.2, 0) is 0 Å². The highest BCUT2D eigenvalue weighted by Crippen LogP contribution is 2.21. The summed E-state index contributed by atoms with van der Waals surface area (Å²) in [4.78, 5) is 18.8. The smallest absolute Gasteiger partial charge is 0.276 e. The summed E-state index contributed by atoms with van der Waals surface area (Å²) < 4.78 is 0. The van der Waals surface area contributed by atoms with Gasteiger partial charge in [0.25, 0.3) is 5.91 Å². The Hall–Kier alpha value is -2.85. The van der Waals surface area contributed by atoms with Gasteiger partial charge in [0.05, 0.1) is 0 Å². The molecule has 3 rings (SSSR count). The van der Waals surface area contributed by atoms with Gasteiger partial charge in [-0.15, -0.1) is 0 Å². The minimum Gasteiger partial charge on any atom is -0.355 e. The summed E-state index contributed by atoms with van der Waals surface area (Å²) >= 11 is 5.90. The van der Waals surface area contributed by atoms with Gasteiger partial charge in [-0.3, -0.25) is 9.78 Å². The third kappa shape index (κ3) is 4.17. The molecule has 0 bridgehead atoms. The van der Waals surface area contributed by atoms with Crippen molar-refractivity contribution in [2.24, 2.45) is 0 Å². The lowest BCUT2D eigenvalue weighted by atomic mass is 10.2. The fourth-order valence-electron chi connectivity index (χ4n) is 2.51. The largest absolute Gasteiger partial charge is 0.355 e. The molecule has 3 aromatic rings. The maximum atomic E-state index is 12.8. The normalized spacial score (nSPS) is 10.3. The predicted octanol–water partition coefficient (Wildman–Crippen LogP) is 5.15. The SMILES string of the molecule is CCN(C(=O)c1cc(Nc2ccc(Cl)cc2)ccn1)c1ccccc1. The van der Waals surface area contributed by atoms with Gasteiger partial charge in [-0.2, -0.15) is 0 Å². The summed E-state index contributed by atoms with van der Waals surface area (Å²) in [6, 6.07) is 20.5. The molecule has 2 aromatic carbocycles. The molecule has 1 aromatic heterocycles. The zero-order valence-corrected chi connectivity index (χ0v) is 14.6. The Labute approximate surface area is 152 Å². The Balaban J connectivity index is 1.82. The van der Waals surface area contributed by atoms with E-state index in [0.29, 0.717) is 17.3 Å². The lowest BCUT2D eigenvalue weighted by Gasteiger charge is -2.20. The number of halogens is 1. The molecule has 0 saturated heterocycles. The third-order valence-electron chi connectivity index (χ3n) is 3.74. The molecule has 5 heteroatoms. The van der Waals surface area contributed by atoms with E-state index in [4.69, 9.17) is 11.6 Å². The van der Waals surface area contributed by atoms with Crippen LogP contribution in [0.25, 0.3) is 0 Å². The zero-order valence-electron chi connectivity index (χ0n) is 13.8. The Morgan fingerprint density at radius 1 is 1.04 bits per heavy atom. The minimum absolute atomic E-state index is 0.131. The number of hydrogen-bond donors (Lipinski definition) is 1.